The largest absolute Gasteiger partial charge is 0.497 e. The number of aryl methyl sites for hydroxylation is 2. The van der Waals surface area contributed by atoms with E-state index in [2.05, 4.69) is 11.4 Å². The van der Waals surface area contributed by atoms with E-state index in [1.165, 1.54) is 0 Å². The van der Waals surface area contributed by atoms with Gasteiger partial charge < -0.3 is 19.5 Å². The van der Waals surface area contributed by atoms with E-state index in [9.17, 15) is 4.79 Å². The molecule has 1 amide bonds. The van der Waals surface area contributed by atoms with Gasteiger partial charge in [0.25, 0.3) is 5.91 Å². The van der Waals surface area contributed by atoms with Crippen LogP contribution in [0.4, 0.5) is 0 Å². The first-order valence-corrected chi connectivity index (χ1v) is 8.27. The Balaban J connectivity index is 1.73. The van der Waals surface area contributed by atoms with Crippen LogP contribution in [0.5, 0.6) is 17.2 Å². The second kappa shape index (κ2) is 8.97. The quantitative estimate of drug-likeness (QED) is 0.748. The number of carbonyl (C=O) groups is 1. The molecule has 0 bridgehead atoms. The first-order valence-electron chi connectivity index (χ1n) is 8.27. The van der Waals surface area contributed by atoms with Crippen LogP contribution in [0.15, 0.2) is 42.5 Å². The summed E-state index contributed by atoms with van der Waals surface area (Å²) >= 11 is 0. The van der Waals surface area contributed by atoms with Crippen molar-refractivity contribution in [3.8, 4) is 17.2 Å². The molecule has 2 aromatic carbocycles. The molecule has 0 heterocycles. The highest BCUT2D eigenvalue weighted by Gasteiger charge is 2.14. The highest BCUT2D eigenvalue weighted by atomic mass is 16.5. The standard InChI is InChI=1S/C20H25NO4/c1-14-11-15(2)13-19(12-14)24-10-9-21-20(22)16(3)25-18-7-5-17(23-4)6-8-18/h5-8,11-13,16H,9-10H2,1-4H3,(H,21,22)/t16-/m1/s1. The molecule has 0 aliphatic heterocycles. The molecule has 0 spiro atoms. The average molecular weight is 343 g/mol. The maximum Gasteiger partial charge on any atom is 0.260 e. The van der Waals surface area contributed by atoms with E-state index in [4.69, 9.17) is 14.2 Å². The van der Waals surface area contributed by atoms with E-state index in [0.717, 1.165) is 22.6 Å². The minimum Gasteiger partial charge on any atom is -0.497 e. The Kier molecular flexibility index (Phi) is 6.69. The molecule has 0 unspecified atom stereocenters. The maximum atomic E-state index is 12.1. The van der Waals surface area contributed by atoms with E-state index < -0.39 is 6.10 Å². The van der Waals surface area contributed by atoms with Crippen molar-refractivity contribution < 1.29 is 19.0 Å². The fourth-order valence-corrected chi connectivity index (χ4v) is 2.42. The zero-order valence-corrected chi connectivity index (χ0v) is 15.2. The molecule has 0 saturated carbocycles. The normalized spacial score (nSPS) is 11.5. The predicted octanol–water partition coefficient (Wildman–Crippen LogP) is 3.27. The van der Waals surface area contributed by atoms with Crippen molar-refractivity contribution in [1.29, 1.82) is 0 Å². The number of hydrogen-bond donors (Lipinski definition) is 1. The third-order valence-electron chi connectivity index (χ3n) is 3.61. The zero-order valence-electron chi connectivity index (χ0n) is 15.2. The molecule has 1 N–H and O–H groups in total. The molecular formula is C20H25NO4. The number of amides is 1. The summed E-state index contributed by atoms with van der Waals surface area (Å²) in [6.07, 6.45) is -0.588. The smallest absolute Gasteiger partial charge is 0.260 e. The van der Waals surface area contributed by atoms with Crippen molar-refractivity contribution in [2.24, 2.45) is 0 Å². The van der Waals surface area contributed by atoms with Gasteiger partial charge in [-0.25, -0.2) is 0 Å². The Hall–Kier alpha value is -2.69. The summed E-state index contributed by atoms with van der Waals surface area (Å²) in [5, 5.41) is 2.81. The number of rotatable bonds is 8. The van der Waals surface area contributed by atoms with Crippen molar-refractivity contribution in [2.45, 2.75) is 26.9 Å². The lowest BCUT2D eigenvalue weighted by Gasteiger charge is -2.15. The van der Waals surface area contributed by atoms with Crippen LogP contribution < -0.4 is 19.5 Å². The average Bonchev–Trinajstić information content (AvgIpc) is 2.58. The van der Waals surface area contributed by atoms with Gasteiger partial charge in [0, 0.05) is 0 Å². The Bertz CT molecular complexity index is 677. The SMILES string of the molecule is COc1ccc(O[C@H](C)C(=O)NCCOc2cc(C)cc(C)c2)cc1. The molecule has 5 heteroatoms. The Morgan fingerprint density at radius 1 is 1.00 bits per heavy atom. The fourth-order valence-electron chi connectivity index (χ4n) is 2.42. The van der Waals surface area contributed by atoms with E-state index in [1.54, 1.807) is 38.3 Å². The summed E-state index contributed by atoms with van der Waals surface area (Å²) < 4.78 is 16.4. The van der Waals surface area contributed by atoms with Crippen molar-refractivity contribution in [2.75, 3.05) is 20.3 Å². The highest BCUT2D eigenvalue weighted by Crippen LogP contribution is 2.18. The molecule has 5 nitrogen and oxygen atoms in total. The third-order valence-corrected chi connectivity index (χ3v) is 3.61. The van der Waals surface area contributed by atoms with Crippen molar-refractivity contribution >= 4 is 5.91 Å². The summed E-state index contributed by atoms with van der Waals surface area (Å²) in [5.74, 6) is 2.00. The zero-order chi connectivity index (χ0) is 18.2. The Morgan fingerprint density at radius 3 is 2.20 bits per heavy atom. The second-order valence-corrected chi connectivity index (χ2v) is 5.90. The van der Waals surface area contributed by atoms with Gasteiger partial charge in [-0.15, -0.1) is 0 Å². The molecule has 0 aromatic heterocycles. The van der Waals surface area contributed by atoms with Gasteiger partial charge in [-0.2, -0.15) is 0 Å². The summed E-state index contributed by atoms with van der Waals surface area (Å²) in [5.41, 5.74) is 2.31. The minimum atomic E-state index is -0.588. The Morgan fingerprint density at radius 2 is 1.60 bits per heavy atom. The molecule has 0 fully saturated rings. The number of ether oxygens (including phenoxy) is 3. The van der Waals surface area contributed by atoms with Gasteiger partial charge in [-0.05, 0) is 68.3 Å². The van der Waals surface area contributed by atoms with Gasteiger partial charge >= 0.3 is 0 Å². The summed E-state index contributed by atoms with van der Waals surface area (Å²) in [7, 11) is 1.60. The van der Waals surface area contributed by atoms with Gasteiger partial charge in [-0.1, -0.05) is 6.07 Å². The fraction of sp³-hybridized carbons (Fsp3) is 0.350. The van der Waals surface area contributed by atoms with Crippen LogP contribution in [-0.4, -0.2) is 32.3 Å². The monoisotopic (exact) mass is 343 g/mol. The van der Waals surface area contributed by atoms with Crippen molar-refractivity contribution in [3.05, 3.63) is 53.6 Å². The van der Waals surface area contributed by atoms with Crippen LogP contribution in [0.1, 0.15) is 18.1 Å². The van der Waals surface area contributed by atoms with Gasteiger partial charge in [0.2, 0.25) is 0 Å². The lowest BCUT2D eigenvalue weighted by atomic mass is 10.1. The van der Waals surface area contributed by atoms with E-state index in [1.807, 2.05) is 26.0 Å². The van der Waals surface area contributed by atoms with Gasteiger partial charge in [-0.3, -0.25) is 4.79 Å². The molecule has 134 valence electrons. The minimum absolute atomic E-state index is 0.181. The lowest BCUT2D eigenvalue weighted by Crippen LogP contribution is -2.38. The van der Waals surface area contributed by atoms with Gasteiger partial charge in [0.15, 0.2) is 6.10 Å². The van der Waals surface area contributed by atoms with Crippen molar-refractivity contribution in [3.63, 3.8) is 0 Å². The Labute approximate surface area is 148 Å². The summed E-state index contributed by atoms with van der Waals surface area (Å²) in [4.78, 5) is 12.1. The van der Waals surface area contributed by atoms with Crippen LogP contribution in [-0.2, 0) is 4.79 Å². The summed E-state index contributed by atoms with van der Waals surface area (Å²) in [6, 6.07) is 13.2. The first-order chi connectivity index (χ1) is 12.0. The molecular weight excluding hydrogens is 318 g/mol. The number of methoxy groups -OCH3 is 1. The second-order valence-electron chi connectivity index (χ2n) is 5.90. The van der Waals surface area contributed by atoms with E-state index in [0.29, 0.717) is 18.9 Å². The molecule has 0 saturated heterocycles. The number of nitrogens with one attached hydrogen (secondary N) is 1. The molecule has 0 aliphatic rings. The molecule has 0 radical (unpaired) electrons. The number of carbonyl (C=O) groups excluding carboxylic acids is 1. The summed E-state index contributed by atoms with van der Waals surface area (Å²) in [6.45, 7) is 6.59. The third kappa shape index (κ3) is 6.03. The highest BCUT2D eigenvalue weighted by molar-refractivity contribution is 5.80. The molecule has 2 rings (SSSR count). The lowest BCUT2D eigenvalue weighted by molar-refractivity contribution is -0.127. The van der Waals surface area contributed by atoms with E-state index in [-0.39, 0.29) is 5.91 Å². The van der Waals surface area contributed by atoms with E-state index >= 15 is 0 Å². The molecule has 25 heavy (non-hydrogen) atoms. The van der Waals surface area contributed by atoms with Gasteiger partial charge in [0.1, 0.15) is 23.9 Å². The maximum absolute atomic E-state index is 12.1. The topological polar surface area (TPSA) is 56.8 Å². The molecule has 1 atom stereocenters. The number of benzene rings is 2. The van der Waals surface area contributed by atoms with Crippen LogP contribution in [0, 0.1) is 13.8 Å². The van der Waals surface area contributed by atoms with Gasteiger partial charge in [0.05, 0.1) is 13.7 Å². The van der Waals surface area contributed by atoms with Crippen molar-refractivity contribution in [1.82, 2.24) is 5.32 Å². The van der Waals surface area contributed by atoms with Crippen LogP contribution in [0.3, 0.4) is 0 Å². The van der Waals surface area contributed by atoms with Crippen LogP contribution >= 0.6 is 0 Å². The number of hydrogen-bond acceptors (Lipinski definition) is 4. The predicted molar refractivity (Wildman–Crippen MR) is 97.5 cm³/mol. The molecule has 0 aliphatic carbocycles. The first kappa shape index (κ1) is 18.6. The molecule has 2 aromatic rings. The van der Waals surface area contributed by atoms with Crippen LogP contribution in [0.25, 0.3) is 0 Å². The van der Waals surface area contributed by atoms with Crippen LogP contribution in [0.2, 0.25) is 0 Å².